The average molecular weight is 217 g/mol. The van der Waals surface area contributed by atoms with Crippen LogP contribution >= 0.6 is 0 Å². The van der Waals surface area contributed by atoms with Gasteiger partial charge in [0.05, 0.1) is 7.11 Å². The van der Waals surface area contributed by atoms with Crippen LogP contribution in [0.1, 0.15) is 6.92 Å². The van der Waals surface area contributed by atoms with E-state index in [0.29, 0.717) is 11.6 Å². The van der Waals surface area contributed by atoms with E-state index in [0.717, 1.165) is 10.8 Å². The number of aromatic nitrogens is 1. The Morgan fingerprint density at radius 2 is 2.12 bits per heavy atom. The van der Waals surface area contributed by atoms with Crippen molar-refractivity contribution in [2.75, 3.05) is 7.11 Å². The van der Waals surface area contributed by atoms with Crippen LogP contribution in [0.2, 0.25) is 0 Å². The van der Waals surface area contributed by atoms with Crippen molar-refractivity contribution >= 4 is 16.7 Å². The number of benzene rings is 1. The molecular weight excluding hydrogens is 206 g/mol. The van der Waals surface area contributed by atoms with Crippen molar-refractivity contribution in [2.24, 2.45) is 0 Å². The lowest BCUT2D eigenvalue weighted by molar-refractivity contribution is -0.131. The summed E-state index contributed by atoms with van der Waals surface area (Å²) in [6.45, 7) is 1.37. The molecule has 0 saturated carbocycles. The molecule has 0 atom stereocenters. The van der Waals surface area contributed by atoms with E-state index < -0.39 is 0 Å². The zero-order valence-electron chi connectivity index (χ0n) is 9.06. The van der Waals surface area contributed by atoms with E-state index in [2.05, 4.69) is 4.98 Å². The first-order chi connectivity index (χ1) is 7.70. The Balaban J connectivity index is 2.54. The Labute approximate surface area is 92.8 Å². The molecule has 0 bridgehead atoms. The molecule has 1 aromatic heterocycles. The SMILES string of the molecule is COc1nccc2ccc(OC(C)=O)cc12. The van der Waals surface area contributed by atoms with E-state index in [1.165, 1.54) is 6.92 Å². The van der Waals surface area contributed by atoms with Gasteiger partial charge in [0.2, 0.25) is 5.88 Å². The van der Waals surface area contributed by atoms with Crippen molar-refractivity contribution < 1.29 is 14.3 Å². The quantitative estimate of drug-likeness (QED) is 0.571. The first kappa shape index (κ1) is 10.4. The van der Waals surface area contributed by atoms with Crippen molar-refractivity contribution in [3.05, 3.63) is 30.5 Å². The van der Waals surface area contributed by atoms with E-state index in [1.54, 1.807) is 25.4 Å². The van der Waals surface area contributed by atoms with Crippen molar-refractivity contribution in [1.29, 1.82) is 0 Å². The van der Waals surface area contributed by atoms with Gasteiger partial charge in [0.15, 0.2) is 0 Å². The Hall–Kier alpha value is -2.10. The first-order valence-electron chi connectivity index (χ1n) is 4.82. The second kappa shape index (κ2) is 4.18. The third-order valence-corrected chi connectivity index (χ3v) is 2.16. The van der Waals surface area contributed by atoms with Gasteiger partial charge < -0.3 is 9.47 Å². The molecule has 0 aliphatic heterocycles. The van der Waals surface area contributed by atoms with E-state index in [4.69, 9.17) is 9.47 Å². The van der Waals surface area contributed by atoms with Crippen LogP contribution in [0.15, 0.2) is 30.5 Å². The smallest absolute Gasteiger partial charge is 0.308 e. The number of carbonyl (C=O) groups is 1. The number of rotatable bonds is 2. The summed E-state index contributed by atoms with van der Waals surface area (Å²) in [4.78, 5) is 14.9. The maximum absolute atomic E-state index is 10.8. The molecule has 0 amide bonds. The summed E-state index contributed by atoms with van der Waals surface area (Å²) in [7, 11) is 1.56. The summed E-state index contributed by atoms with van der Waals surface area (Å²) in [5.41, 5.74) is 0. The molecule has 0 aliphatic carbocycles. The van der Waals surface area contributed by atoms with Gasteiger partial charge >= 0.3 is 5.97 Å². The molecule has 2 rings (SSSR count). The van der Waals surface area contributed by atoms with Crippen LogP contribution in [0.5, 0.6) is 11.6 Å². The topological polar surface area (TPSA) is 48.4 Å². The summed E-state index contributed by atoms with van der Waals surface area (Å²) >= 11 is 0. The Bertz CT molecular complexity index is 537. The molecule has 0 fully saturated rings. The Kier molecular flexibility index (Phi) is 2.72. The molecule has 0 N–H and O–H groups in total. The van der Waals surface area contributed by atoms with Gasteiger partial charge in [-0.15, -0.1) is 0 Å². The highest BCUT2D eigenvalue weighted by molar-refractivity contribution is 5.88. The summed E-state index contributed by atoms with van der Waals surface area (Å²) in [5.74, 6) is 0.667. The van der Waals surface area contributed by atoms with Crippen LogP contribution in [0.4, 0.5) is 0 Å². The molecule has 1 heterocycles. The van der Waals surface area contributed by atoms with Gasteiger partial charge in [-0.05, 0) is 23.6 Å². The number of esters is 1. The van der Waals surface area contributed by atoms with Gasteiger partial charge in [0.25, 0.3) is 0 Å². The number of nitrogens with zero attached hydrogens (tertiary/aromatic N) is 1. The zero-order valence-corrected chi connectivity index (χ0v) is 9.06. The van der Waals surface area contributed by atoms with Gasteiger partial charge in [-0.2, -0.15) is 0 Å². The normalized spacial score (nSPS) is 10.1. The average Bonchev–Trinajstić information content (AvgIpc) is 2.27. The van der Waals surface area contributed by atoms with E-state index >= 15 is 0 Å². The maximum atomic E-state index is 10.8. The molecule has 0 spiro atoms. The van der Waals surface area contributed by atoms with Gasteiger partial charge in [0, 0.05) is 18.5 Å². The Morgan fingerprint density at radius 3 is 2.81 bits per heavy atom. The minimum absolute atomic E-state index is 0.345. The molecular formula is C12H11NO3. The fourth-order valence-electron chi connectivity index (χ4n) is 1.51. The van der Waals surface area contributed by atoms with E-state index in [9.17, 15) is 4.79 Å². The van der Waals surface area contributed by atoms with Gasteiger partial charge in [0.1, 0.15) is 5.75 Å². The number of fused-ring (bicyclic) bond motifs is 1. The number of hydrogen-bond acceptors (Lipinski definition) is 4. The maximum Gasteiger partial charge on any atom is 0.308 e. The fourth-order valence-corrected chi connectivity index (χ4v) is 1.51. The number of ether oxygens (including phenoxy) is 2. The third-order valence-electron chi connectivity index (χ3n) is 2.16. The second-order valence-electron chi connectivity index (χ2n) is 3.30. The molecule has 16 heavy (non-hydrogen) atoms. The summed E-state index contributed by atoms with van der Waals surface area (Å²) < 4.78 is 10.1. The highest BCUT2D eigenvalue weighted by Crippen LogP contribution is 2.26. The predicted octanol–water partition coefficient (Wildman–Crippen LogP) is 2.17. The van der Waals surface area contributed by atoms with Gasteiger partial charge in [-0.25, -0.2) is 4.98 Å². The summed E-state index contributed by atoms with van der Waals surface area (Å²) in [6.07, 6.45) is 1.67. The van der Waals surface area contributed by atoms with Crippen LogP contribution in [0.25, 0.3) is 10.8 Å². The lowest BCUT2D eigenvalue weighted by atomic mass is 10.1. The molecule has 1 aromatic carbocycles. The fraction of sp³-hybridized carbons (Fsp3) is 0.167. The monoisotopic (exact) mass is 217 g/mol. The predicted molar refractivity (Wildman–Crippen MR) is 59.6 cm³/mol. The molecule has 0 radical (unpaired) electrons. The van der Waals surface area contributed by atoms with Crippen LogP contribution in [-0.4, -0.2) is 18.1 Å². The zero-order chi connectivity index (χ0) is 11.5. The van der Waals surface area contributed by atoms with Crippen LogP contribution in [0, 0.1) is 0 Å². The molecule has 82 valence electrons. The van der Waals surface area contributed by atoms with Crippen molar-refractivity contribution in [3.63, 3.8) is 0 Å². The third kappa shape index (κ3) is 1.95. The van der Waals surface area contributed by atoms with Gasteiger partial charge in [-0.3, -0.25) is 4.79 Å². The summed E-state index contributed by atoms with van der Waals surface area (Å²) in [6, 6.07) is 7.21. The first-order valence-corrected chi connectivity index (χ1v) is 4.82. The minimum atomic E-state index is -0.345. The second-order valence-corrected chi connectivity index (χ2v) is 3.30. The standard InChI is InChI=1S/C12H11NO3/c1-8(14)16-10-4-3-9-5-6-13-12(15-2)11(9)7-10/h3-7H,1-2H3. The summed E-state index contributed by atoms with van der Waals surface area (Å²) in [5, 5.41) is 1.81. The number of methoxy groups -OCH3 is 1. The lowest BCUT2D eigenvalue weighted by Gasteiger charge is -2.06. The van der Waals surface area contributed by atoms with E-state index in [-0.39, 0.29) is 5.97 Å². The van der Waals surface area contributed by atoms with Crippen molar-refractivity contribution in [1.82, 2.24) is 4.98 Å². The molecule has 0 unspecified atom stereocenters. The molecule has 0 saturated heterocycles. The largest absolute Gasteiger partial charge is 0.481 e. The minimum Gasteiger partial charge on any atom is -0.481 e. The molecule has 2 aromatic rings. The molecule has 0 aliphatic rings. The highest BCUT2D eigenvalue weighted by atomic mass is 16.5. The number of carbonyl (C=O) groups excluding carboxylic acids is 1. The molecule has 4 heteroatoms. The van der Waals surface area contributed by atoms with Gasteiger partial charge in [-0.1, -0.05) is 6.07 Å². The highest BCUT2D eigenvalue weighted by Gasteiger charge is 2.05. The van der Waals surface area contributed by atoms with Crippen molar-refractivity contribution in [2.45, 2.75) is 6.92 Å². The number of hydrogen-bond donors (Lipinski definition) is 0. The van der Waals surface area contributed by atoms with Crippen LogP contribution in [-0.2, 0) is 4.79 Å². The van der Waals surface area contributed by atoms with E-state index in [1.807, 2.05) is 12.1 Å². The lowest BCUT2D eigenvalue weighted by Crippen LogP contribution is -2.01. The Morgan fingerprint density at radius 1 is 1.31 bits per heavy atom. The molecule has 4 nitrogen and oxygen atoms in total. The van der Waals surface area contributed by atoms with Crippen molar-refractivity contribution in [3.8, 4) is 11.6 Å². The van der Waals surface area contributed by atoms with Crippen LogP contribution in [0.3, 0.4) is 0 Å². The number of pyridine rings is 1. The van der Waals surface area contributed by atoms with Crippen LogP contribution < -0.4 is 9.47 Å².